The van der Waals surface area contributed by atoms with Gasteiger partial charge in [0.25, 0.3) is 0 Å². The lowest BCUT2D eigenvalue weighted by atomic mass is 9.97. The number of benzene rings is 2. The predicted octanol–water partition coefficient (Wildman–Crippen LogP) is 2.63. The van der Waals surface area contributed by atoms with Gasteiger partial charge in [-0.05, 0) is 38.1 Å². The van der Waals surface area contributed by atoms with Crippen LogP contribution in [0.15, 0.2) is 91.4 Å². The number of ketones is 2. The van der Waals surface area contributed by atoms with E-state index in [2.05, 4.69) is 0 Å². The minimum absolute atomic E-state index is 0.0912. The van der Waals surface area contributed by atoms with Crippen molar-refractivity contribution < 1.29 is 26.4 Å². The van der Waals surface area contributed by atoms with Crippen molar-refractivity contribution >= 4 is 31.2 Å². The molecule has 2 aromatic rings. The maximum Gasteiger partial charge on any atom is 0.211 e. The molecule has 0 heterocycles. The molecule has 8 heteroatoms. The van der Waals surface area contributed by atoms with Gasteiger partial charge in [-0.15, -0.1) is 0 Å². The summed E-state index contributed by atoms with van der Waals surface area (Å²) in [7, 11) is -9.09. The third-order valence-corrected chi connectivity index (χ3v) is 8.28. The van der Waals surface area contributed by atoms with Crippen LogP contribution >= 0.6 is 0 Å². The summed E-state index contributed by atoms with van der Waals surface area (Å²) in [5.41, 5.74) is -0.182. The summed E-state index contributed by atoms with van der Waals surface area (Å²) in [6, 6.07) is 13.9. The van der Waals surface area contributed by atoms with Gasteiger partial charge in [0.15, 0.2) is 0 Å². The third-order valence-electron chi connectivity index (χ3n) is 4.51. The SMILES string of the molecule is CC1=C(C)C(=O)C(S(=O)(=O)c2ccccc2)=C(S(=O)(=O)c2ccccc2)C1=O. The highest BCUT2D eigenvalue weighted by molar-refractivity contribution is 8.00. The van der Waals surface area contributed by atoms with Gasteiger partial charge in [0.2, 0.25) is 31.2 Å². The molecule has 0 saturated carbocycles. The Balaban J connectivity index is 2.42. The highest BCUT2D eigenvalue weighted by Crippen LogP contribution is 2.36. The van der Waals surface area contributed by atoms with E-state index < -0.39 is 41.1 Å². The number of hydrogen-bond donors (Lipinski definition) is 0. The van der Waals surface area contributed by atoms with E-state index in [1.807, 2.05) is 0 Å². The molecular weight excluding hydrogens is 400 g/mol. The summed E-state index contributed by atoms with van der Waals surface area (Å²) in [4.78, 5) is 23.2. The van der Waals surface area contributed by atoms with Gasteiger partial charge in [-0.25, -0.2) is 16.8 Å². The molecule has 3 rings (SSSR count). The maximum absolute atomic E-state index is 13.2. The van der Waals surface area contributed by atoms with E-state index in [9.17, 15) is 26.4 Å². The van der Waals surface area contributed by atoms with E-state index in [4.69, 9.17) is 0 Å². The fourth-order valence-electron chi connectivity index (χ4n) is 2.81. The molecule has 0 unspecified atom stereocenters. The number of allylic oxidation sites excluding steroid dienone is 4. The summed E-state index contributed by atoms with van der Waals surface area (Å²) in [6.45, 7) is 2.62. The molecule has 0 saturated heterocycles. The molecule has 0 aromatic heterocycles. The first-order valence-corrected chi connectivity index (χ1v) is 11.2. The molecule has 6 nitrogen and oxygen atoms in total. The number of hydrogen-bond acceptors (Lipinski definition) is 6. The molecular formula is C20H16O6S2. The minimum atomic E-state index is -4.54. The zero-order valence-corrected chi connectivity index (χ0v) is 16.7. The van der Waals surface area contributed by atoms with Crippen molar-refractivity contribution in [2.24, 2.45) is 0 Å². The Morgan fingerprint density at radius 1 is 0.536 bits per heavy atom. The van der Waals surface area contributed by atoms with E-state index in [-0.39, 0.29) is 20.9 Å². The lowest BCUT2D eigenvalue weighted by Crippen LogP contribution is -2.30. The quantitative estimate of drug-likeness (QED) is 0.710. The van der Waals surface area contributed by atoms with Gasteiger partial charge >= 0.3 is 0 Å². The van der Waals surface area contributed by atoms with Crippen LogP contribution < -0.4 is 0 Å². The van der Waals surface area contributed by atoms with Gasteiger partial charge in [0.1, 0.15) is 9.81 Å². The van der Waals surface area contributed by atoms with Gasteiger partial charge < -0.3 is 0 Å². The fraction of sp³-hybridized carbons (Fsp3) is 0.100. The number of rotatable bonds is 4. The van der Waals surface area contributed by atoms with Crippen LogP contribution in [0.2, 0.25) is 0 Å². The number of Topliss-reactive ketones (excluding diaryl/α,β-unsaturated/α-hetero) is 2. The first kappa shape index (κ1) is 19.9. The monoisotopic (exact) mass is 416 g/mol. The minimum Gasteiger partial charge on any atom is -0.288 e. The Hall–Kier alpha value is -2.84. The smallest absolute Gasteiger partial charge is 0.211 e. The lowest BCUT2D eigenvalue weighted by Gasteiger charge is -2.20. The molecule has 0 atom stereocenters. The van der Waals surface area contributed by atoms with Crippen LogP contribution in [-0.2, 0) is 29.3 Å². The fourth-order valence-corrected chi connectivity index (χ4v) is 6.44. The first-order valence-electron chi connectivity index (χ1n) is 8.21. The summed E-state index contributed by atoms with van der Waals surface area (Å²) in [6.07, 6.45) is 0. The molecule has 0 bridgehead atoms. The van der Waals surface area contributed by atoms with Crippen LogP contribution in [-0.4, -0.2) is 28.4 Å². The maximum atomic E-state index is 13.2. The Labute approximate surface area is 163 Å². The third kappa shape index (κ3) is 3.04. The van der Waals surface area contributed by atoms with E-state index in [0.29, 0.717) is 0 Å². The van der Waals surface area contributed by atoms with Crippen LogP contribution in [0, 0.1) is 0 Å². The van der Waals surface area contributed by atoms with E-state index in [1.165, 1.54) is 62.4 Å². The van der Waals surface area contributed by atoms with E-state index >= 15 is 0 Å². The molecule has 1 aliphatic rings. The van der Waals surface area contributed by atoms with Crippen molar-refractivity contribution in [3.63, 3.8) is 0 Å². The molecule has 0 spiro atoms. The van der Waals surface area contributed by atoms with Gasteiger partial charge in [-0.2, -0.15) is 0 Å². The number of carbonyl (C=O) groups is 2. The summed E-state index contributed by atoms with van der Waals surface area (Å²) in [5, 5.41) is 0. The largest absolute Gasteiger partial charge is 0.288 e. The molecule has 28 heavy (non-hydrogen) atoms. The Kier molecular flexibility index (Phi) is 4.95. The Morgan fingerprint density at radius 3 is 1.11 bits per heavy atom. The zero-order chi connectivity index (χ0) is 20.7. The van der Waals surface area contributed by atoms with Crippen molar-refractivity contribution in [1.29, 1.82) is 0 Å². The predicted molar refractivity (Wildman–Crippen MR) is 103 cm³/mol. The van der Waals surface area contributed by atoms with Crippen molar-refractivity contribution in [3.05, 3.63) is 81.6 Å². The normalized spacial score (nSPS) is 15.9. The Bertz CT molecular complexity index is 1150. The van der Waals surface area contributed by atoms with Gasteiger partial charge in [0.05, 0.1) is 9.79 Å². The van der Waals surface area contributed by atoms with E-state index in [1.54, 1.807) is 12.1 Å². The standard InChI is InChI=1S/C20H16O6S2/c1-13-14(2)18(22)20(28(25,26)16-11-7-4-8-12-16)19(17(13)21)27(23,24)15-9-5-3-6-10-15/h3-12H,1-2H3. The number of sulfone groups is 2. The van der Waals surface area contributed by atoms with Crippen molar-refractivity contribution in [3.8, 4) is 0 Å². The lowest BCUT2D eigenvalue weighted by molar-refractivity contribution is -0.115. The van der Waals surface area contributed by atoms with Crippen LogP contribution in [0.5, 0.6) is 0 Å². The average Bonchev–Trinajstić information content (AvgIpc) is 2.70. The van der Waals surface area contributed by atoms with Gasteiger partial charge in [-0.3, -0.25) is 9.59 Å². The highest BCUT2D eigenvalue weighted by atomic mass is 32.2. The van der Waals surface area contributed by atoms with Crippen molar-refractivity contribution in [2.45, 2.75) is 23.6 Å². The molecule has 0 radical (unpaired) electrons. The van der Waals surface area contributed by atoms with Crippen molar-refractivity contribution in [2.75, 3.05) is 0 Å². The second-order valence-electron chi connectivity index (χ2n) is 6.20. The molecule has 0 fully saturated rings. The molecule has 2 aromatic carbocycles. The van der Waals surface area contributed by atoms with Crippen LogP contribution in [0.3, 0.4) is 0 Å². The topological polar surface area (TPSA) is 102 Å². The van der Waals surface area contributed by atoms with Crippen LogP contribution in [0.1, 0.15) is 13.8 Å². The molecule has 144 valence electrons. The highest BCUT2D eigenvalue weighted by Gasteiger charge is 2.44. The second kappa shape index (κ2) is 6.96. The van der Waals surface area contributed by atoms with Crippen LogP contribution in [0.4, 0.5) is 0 Å². The molecule has 1 aliphatic carbocycles. The molecule has 0 N–H and O–H groups in total. The molecule has 0 amide bonds. The van der Waals surface area contributed by atoms with Crippen LogP contribution in [0.25, 0.3) is 0 Å². The summed E-state index contributed by atoms with van der Waals surface area (Å²) < 4.78 is 52.7. The Morgan fingerprint density at radius 2 is 0.821 bits per heavy atom. The second-order valence-corrected chi connectivity index (χ2v) is 9.97. The summed E-state index contributed by atoms with van der Waals surface area (Å²) >= 11 is 0. The summed E-state index contributed by atoms with van der Waals surface area (Å²) in [5.74, 6) is -1.98. The first-order chi connectivity index (χ1) is 13.1. The van der Waals surface area contributed by atoms with Gasteiger partial charge in [0, 0.05) is 11.1 Å². The van der Waals surface area contributed by atoms with E-state index in [0.717, 1.165) is 0 Å². The average molecular weight is 416 g/mol. The van der Waals surface area contributed by atoms with Crippen molar-refractivity contribution in [1.82, 2.24) is 0 Å². The zero-order valence-electron chi connectivity index (χ0n) is 15.0. The van der Waals surface area contributed by atoms with Gasteiger partial charge in [-0.1, -0.05) is 36.4 Å². The number of carbonyl (C=O) groups excluding carboxylic acids is 2. The molecule has 0 aliphatic heterocycles.